The number of urea groups is 1. The van der Waals surface area contributed by atoms with Crippen LogP contribution in [0.2, 0.25) is 0 Å². The fourth-order valence-corrected chi connectivity index (χ4v) is 1.28. The molecule has 0 spiro atoms. The molecule has 0 saturated carbocycles. The van der Waals surface area contributed by atoms with Gasteiger partial charge in [0.15, 0.2) is 0 Å². The standard InChI is InChI=1S/C12H18N4O3/c1-4-19-12(18)14-10-7-5-9(6-8-10)13-11(17)15-16(2)3/h5-8H,4H2,1-3H3,(H,14,18)(H2,13,15,17). The summed E-state index contributed by atoms with van der Waals surface area (Å²) in [4.78, 5) is 22.6. The summed E-state index contributed by atoms with van der Waals surface area (Å²) in [7, 11) is 3.43. The van der Waals surface area contributed by atoms with E-state index in [4.69, 9.17) is 4.74 Å². The van der Waals surface area contributed by atoms with Crippen molar-refractivity contribution >= 4 is 23.5 Å². The summed E-state index contributed by atoms with van der Waals surface area (Å²) in [6.07, 6.45) is -0.506. The molecule has 3 N–H and O–H groups in total. The third-order valence-corrected chi connectivity index (χ3v) is 1.99. The molecule has 0 unspecified atom stereocenters. The Hall–Kier alpha value is -2.28. The average Bonchev–Trinajstić information content (AvgIpc) is 2.31. The Bertz CT molecular complexity index is 431. The fourth-order valence-electron chi connectivity index (χ4n) is 1.28. The molecule has 0 saturated heterocycles. The summed E-state index contributed by atoms with van der Waals surface area (Å²) in [5.74, 6) is 0. The third kappa shape index (κ3) is 5.73. The minimum atomic E-state index is -0.506. The molecule has 0 atom stereocenters. The highest BCUT2D eigenvalue weighted by Crippen LogP contribution is 2.13. The minimum Gasteiger partial charge on any atom is -0.450 e. The van der Waals surface area contributed by atoms with Gasteiger partial charge in [-0.2, -0.15) is 0 Å². The molecule has 0 aliphatic carbocycles. The Morgan fingerprint density at radius 1 is 1.11 bits per heavy atom. The number of hydrogen-bond acceptors (Lipinski definition) is 4. The zero-order chi connectivity index (χ0) is 14.3. The normalized spacial score (nSPS) is 9.89. The lowest BCUT2D eigenvalue weighted by atomic mass is 10.3. The fraction of sp³-hybridized carbons (Fsp3) is 0.333. The maximum atomic E-state index is 11.4. The van der Waals surface area contributed by atoms with Gasteiger partial charge in [-0.1, -0.05) is 0 Å². The molecule has 104 valence electrons. The van der Waals surface area contributed by atoms with E-state index >= 15 is 0 Å². The van der Waals surface area contributed by atoms with Crippen LogP contribution >= 0.6 is 0 Å². The molecule has 0 radical (unpaired) electrons. The predicted molar refractivity (Wildman–Crippen MR) is 72.9 cm³/mol. The molecular weight excluding hydrogens is 248 g/mol. The molecule has 0 aliphatic rings. The summed E-state index contributed by atoms with van der Waals surface area (Å²) in [5, 5.41) is 6.73. The molecule has 19 heavy (non-hydrogen) atoms. The quantitative estimate of drug-likeness (QED) is 0.726. The first-order chi connectivity index (χ1) is 9.01. The van der Waals surface area contributed by atoms with E-state index in [9.17, 15) is 9.59 Å². The largest absolute Gasteiger partial charge is 0.450 e. The van der Waals surface area contributed by atoms with Gasteiger partial charge in [0, 0.05) is 25.5 Å². The van der Waals surface area contributed by atoms with Crippen LogP contribution in [-0.2, 0) is 4.74 Å². The van der Waals surface area contributed by atoms with Gasteiger partial charge >= 0.3 is 12.1 Å². The maximum Gasteiger partial charge on any atom is 0.411 e. The smallest absolute Gasteiger partial charge is 0.411 e. The number of nitrogens with zero attached hydrogens (tertiary/aromatic N) is 1. The second kappa shape index (κ2) is 7.22. The Morgan fingerprint density at radius 3 is 2.11 bits per heavy atom. The second-order valence-corrected chi connectivity index (χ2v) is 3.88. The lowest BCUT2D eigenvalue weighted by Crippen LogP contribution is -2.39. The molecule has 0 heterocycles. The van der Waals surface area contributed by atoms with Crippen molar-refractivity contribution in [1.82, 2.24) is 10.4 Å². The van der Waals surface area contributed by atoms with Crippen LogP contribution in [0.25, 0.3) is 0 Å². The number of carbonyl (C=O) groups is 2. The van der Waals surface area contributed by atoms with Crippen molar-refractivity contribution in [2.45, 2.75) is 6.92 Å². The van der Waals surface area contributed by atoms with Crippen LogP contribution in [0.3, 0.4) is 0 Å². The topological polar surface area (TPSA) is 82.7 Å². The highest BCUT2D eigenvalue weighted by Gasteiger charge is 2.04. The Balaban J connectivity index is 2.52. The first kappa shape index (κ1) is 14.8. The van der Waals surface area contributed by atoms with E-state index < -0.39 is 6.09 Å². The first-order valence-electron chi connectivity index (χ1n) is 5.80. The zero-order valence-corrected chi connectivity index (χ0v) is 11.2. The Kier molecular flexibility index (Phi) is 5.62. The van der Waals surface area contributed by atoms with Crippen molar-refractivity contribution in [2.24, 2.45) is 0 Å². The molecule has 0 aliphatic heterocycles. The van der Waals surface area contributed by atoms with Gasteiger partial charge in [0.2, 0.25) is 0 Å². The van der Waals surface area contributed by atoms with Crippen molar-refractivity contribution in [3.63, 3.8) is 0 Å². The highest BCUT2D eigenvalue weighted by atomic mass is 16.5. The number of ether oxygens (including phenoxy) is 1. The number of carbonyl (C=O) groups excluding carboxylic acids is 2. The summed E-state index contributed by atoms with van der Waals surface area (Å²) < 4.78 is 4.75. The van der Waals surface area contributed by atoms with E-state index in [0.717, 1.165) is 0 Å². The van der Waals surface area contributed by atoms with Gasteiger partial charge < -0.3 is 10.1 Å². The summed E-state index contributed by atoms with van der Waals surface area (Å²) >= 11 is 0. The van der Waals surface area contributed by atoms with Gasteiger partial charge in [-0.05, 0) is 31.2 Å². The minimum absolute atomic E-state index is 0.316. The van der Waals surface area contributed by atoms with Gasteiger partial charge in [-0.15, -0.1) is 0 Å². The molecule has 1 aromatic rings. The molecule has 0 bridgehead atoms. The number of nitrogens with one attached hydrogen (secondary N) is 3. The molecule has 0 fully saturated rings. The van der Waals surface area contributed by atoms with Crippen LogP contribution in [0.15, 0.2) is 24.3 Å². The van der Waals surface area contributed by atoms with E-state index in [-0.39, 0.29) is 6.03 Å². The van der Waals surface area contributed by atoms with Crippen LogP contribution in [0.1, 0.15) is 6.92 Å². The summed E-state index contributed by atoms with van der Waals surface area (Å²) in [6.45, 7) is 2.05. The number of rotatable bonds is 4. The molecule has 7 heteroatoms. The van der Waals surface area contributed by atoms with Crippen LogP contribution < -0.4 is 16.1 Å². The molecular formula is C12H18N4O3. The summed E-state index contributed by atoms with van der Waals surface area (Å²) in [5.41, 5.74) is 3.76. The number of benzene rings is 1. The van der Waals surface area contributed by atoms with Crippen molar-refractivity contribution in [3.05, 3.63) is 24.3 Å². The van der Waals surface area contributed by atoms with Gasteiger partial charge in [-0.3, -0.25) is 10.7 Å². The maximum absolute atomic E-state index is 11.4. The molecule has 1 aromatic carbocycles. The number of anilines is 2. The van der Waals surface area contributed by atoms with E-state index in [1.165, 1.54) is 5.01 Å². The molecule has 3 amide bonds. The summed E-state index contributed by atoms with van der Waals surface area (Å²) in [6, 6.07) is 6.36. The molecule has 7 nitrogen and oxygen atoms in total. The van der Waals surface area contributed by atoms with Crippen molar-refractivity contribution in [1.29, 1.82) is 0 Å². The van der Waals surface area contributed by atoms with Gasteiger partial charge in [0.05, 0.1) is 6.61 Å². The first-order valence-corrected chi connectivity index (χ1v) is 5.80. The molecule has 0 aromatic heterocycles. The van der Waals surface area contributed by atoms with Crippen LogP contribution in [0.4, 0.5) is 21.0 Å². The van der Waals surface area contributed by atoms with E-state index in [2.05, 4.69) is 16.1 Å². The number of amides is 3. The second-order valence-electron chi connectivity index (χ2n) is 3.88. The van der Waals surface area contributed by atoms with E-state index in [1.54, 1.807) is 45.3 Å². The Morgan fingerprint density at radius 2 is 1.63 bits per heavy atom. The van der Waals surface area contributed by atoms with Gasteiger partial charge in [0.1, 0.15) is 0 Å². The van der Waals surface area contributed by atoms with Crippen LogP contribution in [-0.4, -0.2) is 37.8 Å². The zero-order valence-electron chi connectivity index (χ0n) is 11.2. The number of hydrazine groups is 1. The van der Waals surface area contributed by atoms with Gasteiger partial charge in [0.25, 0.3) is 0 Å². The Labute approximate surface area is 111 Å². The monoisotopic (exact) mass is 266 g/mol. The molecule has 1 rings (SSSR count). The lowest BCUT2D eigenvalue weighted by Gasteiger charge is -2.13. The number of hydrogen-bond donors (Lipinski definition) is 3. The van der Waals surface area contributed by atoms with Crippen molar-refractivity contribution < 1.29 is 14.3 Å². The lowest BCUT2D eigenvalue weighted by molar-refractivity contribution is 0.168. The third-order valence-electron chi connectivity index (χ3n) is 1.99. The SMILES string of the molecule is CCOC(=O)Nc1ccc(NC(=O)NN(C)C)cc1. The van der Waals surface area contributed by atoms with Crippen LogP contribution in [0, 0.1) is 0 Å². The van der Waals surface area contributed by atoms with Crippen molar-refractivity contribution in [2.75, 3.05) is 31.3 Å². The average molecular weight is 266 g/mol. The van der Waals surface area contributed by atoms with Gasteiger partial charge in [-0.25, -0.2) is 14.6 Å². The predicted octanol–water partition coefficient (Wildman–Crippen LogP) is 1.85. The van der Waals surface area contributed by atoms with E-state index in [0.29, 0.717) is 18.0 Å². The van der Waals surface area contributed by atoms with E-state index in [1.807, 2.05) is 0 Å². The highest BCUT2D eigenvalue weighted by molar-refractivity contribution is 5.90. The van der Waals surface area contributed by atoms with Crippen molar-refractivity contribution in [3.8, 4) is 0 Å². The van der Waals surface area contributed by atoms with Crippen LogP contribution in [0.5, 0.6) is 0 Å².